The number of fused-ring (bicyclic) bond motifs is 4. The second-order valence-corrected chi connectivity index (χ2v) is 19.1. The Morgan fingerprint density at radius 2 is 1.21 bits per heavy atom. The topological polar surface area (TPSA) is 20.6 Å². The molecule has 1 aliphatic heterocycles. The standard InChI is InChI=1S/C57H55N3O.Pt/c1-37(2)47-23-17-24-48(38(3)4)55(47)39-18-15-20-42(30-39)58-36-59(53-27-14-13-26-52(53)58)44-32-41(57(8,9)10)33-46(34-44)61-45-28-29-50-49-22-11-12-25-51(49)60(54(50)35-45)43-21-16-19-40(31-43)56(5,6)7;/h11-20,22-33,36-38H,1-10H3;/q-4;+4. The first kappa shape index (κ1) is 43.1. The van der Waals surface area contributed by atoms with Crippen molar-refractivity contribution in [1.29, 1.82) is 0 Å². The summed E-state index contributed by atoms with van der Waals surface area (Å²) in [6, 6.07) is 58.8. The van der Waals surface area contributed by atoms with Gasteiger partial charge in [-0.15, -0.1) is 59.7 Å². The molecular formula is C57H55N3OPt. The van der Waals surface area contributed by atoms with Gasteiger partial charge in [0.1, 0.15) is 0 Å². The van der Waals surface area contributed by atoms with Crippen LogP contribution in [0.1, 0.15) is 103 Å². The van der Waals surface area contributed by atoms with E-state index in [-0.39, 0.29) is 31.9 Å². The average molecular weight is 993 g/mol. The minimum atomic E-state index is -0.152. The minimum Gasteiger partial charge on any atom is -0.509 e. The van der Waals surface area contributed by atoms with Crippen molar-refractivity contribution < 1.29 is 25.8 Å². The van der Waals surface area contributed by atoms with Crippen molar-refractivity contribution in [2.75, 3.05) is 9.80 Å². The molecule has 1 aliphatic rings. The van der Waals surface area contributed by atoms with Crippen LogP contribution in [0.4, 0.5) is 22.7 Å². The van der Waals surface area contributed by atoms with Crippen LogP contribution < -0.4 is 14.5 Å². The third-order valence-electron chi connectivity index (χ3n) is 12.0. The predicted octanol–water partition coefficient (Wildman–Crippen LogP) is 15.9. The summed E-state index contributed by atoms with van der Waals surface area (Å²) in [4.78, 5) is 4.55. The maximum atomic E-state index is 6.82. The van der Waals surface area contributed by atoms with Crippen molar-refractivity contribution in [2.45, 2.75) is 91.9 Å². The van der Waals surface area contributed by atoms with E-state index in [4.69, 9.17) is 4.74 Å². The molecule has 314 valence electrons. The Morgan fingerprint density at radius 3 is 1.90 bits per heavy atom. The normalized spacial score (nSPS) is 13.0. The van der Waals surface area contributed by atoms with Gasteiger partial charge in [0.25, 0.3) is 0 Å². The molecule has 0 atom stereocenters. The number of ether oxygens (including phenoxy) is 1. The molecule has 5 heteroatoms. The molecule has 1 aromatic heterocycles. The predicted molar refractivity (Wildman–Crippen MR) is 256 cm³/mol. The molecule has 0 amide bonds. The molecule has 9 rings (SSSR count). The summed E-state index contributed by atoms with van der Waals surface area (Å²) in [5.74, 6) is 2.08. The Kier molecular flexibility index (Phi) is 11.5. The fourth-order valence-electron chi connectivity index (χ4n) is 8.70. The van der Waals surface area contributed by atoms with E-state index in [0.717, 1.165) is 50.4 Å². The third-order valence-corrected chi connectivity index (χ3v) is 12.0. The van der Waals surface area contributed by atoms with Crippen molar-refractivity contribution >= 4 is 44.6 Å². The van der Waals surface area contributed by atoms with Gasteiger partial charge in [0.15, 0.2) is 0 Å². The molecule has 0 aliphatic carbocycles. The van der Waals surface area contributed by atoms with Crippen LogP contribution in [0.15, 0.2) is 133 Å². The van der Waals surface area contributed by atoms with Crippen molar-refractivity contribution in [1.82, 2.24) is 4.57 Å². The summed E-state index contributed by atoms with van der Waals surface area (Å²) >= 11 is 0. The van der Waals surface area contributed by atoms with E-state index in [9.17, 15) is 0 Å². The molecule has 62 heavy (non-hydrogen) atoms. The van der Waals surface area contributed by atoms with Gasteiger partial charge in [-0.05, 0) is 80.6 Å². The van der Waals surface area contributed by atoms with E-state index < -0.39 is 0 Å². The fourth-order valence-corrected chi connectivity index (χ4v) is 8.70. The Bertz CT molecular complexity index is 2900. The number of para-hydroxylation sites is 3. The molecule has 0 unspecified atom stereocenters. The molecule has 0 fully saturated rings. The molecule has 0 saturated carbocycles. The molecule has 2 heterocycles. The maximum absolute atomic E-state index is 6.82. The molecule has 0 saturated heterocycles. The number of nitrogens with zero attached hydrogens (tertiary/aromatic N) is 3. The largest absolute Gasteiger partial charge is 4.00 e. The first-order valence-corrected chi connectivity index (χ1v) is 21.7. The summed E-state index contributed by atoms with van der Waals surface area (Å²) in [5, 5.41) is 2.28. The van der Waals surface area contributed by atoms with E-state index >= 15 is 0 Å². The zero-order chi connectivity index (χ0) is 42.8. The Hall–Kier alpha value is -5.57. The van der Waals surface area contributed by atoms with Crippen LogP contribution in [-0.2, 0) is 31.9 Å². The molecule has 4 nitrogen and oxygen atoms in total. The van der Waals surface area contributed by atoms with Gasteiger partial charge in [0.2, 0.25) is 0 Å². The van der Waals surface area contributed by atoms with Crippen LogP contribution in [0.5, 0.6) is 11.5 Å². The van der Waals surface area contributed by atoms with Crippen molar-refractivity contribution in [2.24, 2.45) is 0 Å². The van der Waals surface area contributed by atoms with Crippen molar-refractivity contribution in [3.05, 3.63) is 181 Å². The summed E-state index contributed by atoms with van der Waals surface area (Å²) in [7, 11) is 0. The van der Waals surface area contributed by atoms with E-state index in [1.54, 1.807) is 0 Å². The van der Waals surface area contributed by atoms with E-state index in [1.165, 1.54) is 33.2 Å². The van der Waals surface area contributed by atoms with Gasteiger partial charge < -0.3 is 19.1 Å². The van der Waals surface area contributed by atoms with Crippen LogP contribution in [0.2, 0.25) is 0 Å². The quantitative estimate of drug-likeness (QED) is 0.142. The Morgan fingerprint density at radius 1 is 0.565 bits per heavy atom. The van der Waals surface area contributed by atoms with Crippen LogP contribution in [0.25, 0.3) is 38.6 Å². The molecule has 7 aromatic carbocycles. The zero-order valence-electron chi connectivity index (χ0n) is 37.5. The Labute approximate surface area is 383 Å². The van der Waals surface area contributed by atoms with Gasteiger partial charge in [0.05, 0.1) is 0 Å². The molecule has 0 bridgehead atoms. The Balaban J connectivity index is 0.00000529. The van der Waals surface area contributed by atoms with Crippen LogP contribution >= 0.6 is 0 Å². The van der Waals surface area contributed by atoms with Gasteiger partial charge >= 0.3 is 21.1 Å². The molecule has 0 radical (unpaired) electrons. The number of aromatic nitrogens is 1. The molecule has 0 N–H and O–H groups in total. The minimum absolute atomic E-state index is 0. The number of anilines is 4. The van der Waals surface area contributed by atoms with E-state index in [1.807, 2.05) is 12.1 Å². The summed E-state index contributed by atoms with van der Waals surface area (Å²) in [6.45, 7) is 24.8. The number of benzene rings is 7. The van der Waals surface area contributed by atoms with Crippen LogP contribution in [0, 0.1) is 24.9 Å². The van der Waals surface area contributed by atoms with Gasteiger partial charge in [-0.25, -0.2) is 0 Å². The van der Waals surface area contributed by atoms with Crippen LogP contribution in [-0.4, -0.2) is 4.57 Å². The van der Waals surface area contributed by atoms with Gasteiger partial charge in [-0.3, -0.25) is 0 Å². The first-order chi connectivity index (χ1) is 29.2. The second kappa shape index (κ2) is 16.6. The van der Waals surface area contributed by atoms with Gasteiger partial charge in [0, 0.05) is 34.1 Å². The van der Waals surface area contributed by atoms with Crippen molar-refractivity contribution in [3.63, 3.8) is 0 Å². The average Bonchev–Trinajstić information content (AvgIpc) is 3.79. The first-order valence-electron chi connectivity index (χ1n) is 21.7. The monoisotopic (exact) mass is 992 g/mol. The molecule has 8 aromatic rings. The second-order valence-electron chi connectivity index (χ2n) is 19.1. The maximum Gasteiger partial charge on any atom is 4.00 e. The van der Waals surface area contributed by atoms with Crippen molar-refractivity contribution in [3.8, 4) is 28.3 Å². The summed E-state index contributed by atoms with van der Waals surface area (Å²) in [6.07, 6.45) is 0. The molecule has 0 spiro atoms. The van der Waals surface area contributed by atoms with E-state index in [2.05, 4.69) is 230 Å². The fraction of sp³-hybridized carbons (Fsp3) is 0.246. The van der Waals surface area contributed by atoms with Gasteiger partial charge in [-0.1, -0.05) is 141 Å². The number of hydrogen-bond acceptors (Lipinski definition) is 3. The molecular weight excluding hydrogens is 938 g/mol. The number of hydrogen-bond donors (Lipinski definition) is 0. The van der Waals surface area contributed by atoms with Crippen LogP contribution in [0.3, 0.4) is 0 Å². The van der Waals surface area contributed by atoms with Gasteiger partial charge in [-0.2, -0.15) is 29.8 Å². The smallest absolute Gasteiger partial charge is 0.509 e. The summed E-state index contributed by atoms with van der Waals surface area (Å²) < 4.78 is 9.09. The zero-order valence-corrected chi connectivity index (χ0v) is 39.8. The summed E-state index contributed by atoms with van der Waals surface area (Å²) in [5.41, 5.74) is 14.8. The number of rotatable bonds is 8. The SMILES string of the molecule is CC(C)c1cccc(C(C)C)c1-c1cccc(N2[CH-]N(c3[c-]c(Oc4[c-]c5c(cc4)c4ccccc4n5-c4[c-]ccc(C(C)(C)C)c4)cc(C(C)(C)C)c3)c3ccccc32)c1.[Pt+4]. The third kappa shape index (κ3) is 7.99. The van der Waals surface area contributed by atoms with E-state index in [0.29, 0.717) is 23.3 Å².